The summed E-state index contributed by atoms with van der Waals surface area (Å²) < 4.78 is 6.60. The van der Waals surface area contributed by atoms with Crippen molar-refractivity contribution in [1.29, 1.82) is 0 Å². The van der Waals surface area contributed by atoms with E-state index in [4.69, 9.17) is 4.74 Å². The molecule has 0 amide bonds. The molecule has 166 valence electrons. The molecule has 0 radical (unpaired) electrons. The van der Waals surface area contributed by atoms with Crippen molar-refractivity contribution in [3.05, 3.63) is 22.3 Å². The van der Waals surface area contributed by atoms with Crippen LogP contribution in [0.25, 0.3) is 0 Å². The smallest absolute Gasteiger partial charge is 0.127 e. The number of rotatable bonds is 11. The first-order chi connectivity index (χ1) is 13.6. The Morgan fingerprint density at radius 2 is 1.48 bits per heavy atom. The van der Waals surface area contributed by atoms with Crippen LogP contribution in [0.1, 0.15) is 114 Å². The molecule has 0 saturated carbocycles. The molecule has 2 heteroatoms. The molecule has 0 aromatic heterocycles. The van der Waals surface area contributed by atoms with Gasteiger partial charge in [-0.15, -0.1) is 0 Å². The lowest BCUT2D eigenvalue weighted by Gasteiger charge is -2.38. The number of phenols is 1. The van der Waals surface area contributed by atoms with E-state index >= 15 is 0 Å². The van der Waals surface area contributed by atoms with E-state index in [1.807, 2.05) is 13.8 Å². The number of benzene rings is 1. The van der Waals surface area contributed by atoms with Crippen molar-refractivity contribution in [2.24, 2.45) is 11.8 Å². The Balaban J connectivity index is 1.77. The van der Waals surface area contributed by atoms with Crippen LogP contribution in [0.15, 0.2) is 0 Å². The normalized spacial score (nSPS) is 19.9. The Labute approximate surface area is 180 Å². The molecule has 29 heavy (non-hydrogen) atoms. The summed E-state index contributed by atoms with van der Waals surface area (Å²) in [6, 6.07) is 0. The lowest BCUT2D eigenvalue weighted by Crippen LogP contribution is -2.37. The fraction of sp³-hybridized carbons (Fsp3) is 0.778. The number of fused-ring (bicyclic) bond motifs is 1. The fourth-order valence-corrected chi connectivity index (χ4v) is 4.74. The van der Waals surface area contributed by atoms with Crippen molar-refractivity contribution < 1.29 is 9.84 Å². The predicted molar refractivity (Wildman–Crippen MR) is 125 cm³/mol. The molecular weight excluding hydrogens is 356 g/mol. The van der Waals surface area contributed by atoms with Crippen molar-refractivity contribution in [2.45, 2.75) is 125 Å². The fourth-order valence-electron chi connectivity index (χ4n) is 4.74. The van der Waals surface area contributed by atoms with E-state index in [1.165, 1.54) is 56.9 Å². The van der Waals surface area contributed by atoms with Gasteiger partial charge in [0.05, 0.1) is 0 Å². The number of unbranched alkanes of at least 4 members (excludes halogenated alkanes) is 4. The molecule has 1 heterocycles. The number of aromatic hydroxyl groups is 1. The number of ether oxygens (including phenoxy) is 1. The highest BCUT2D eigenvalue weighted by Gasteiger charge is 2.34. The zero-order chi connectivity index (χ0) is 21.6. The topological polar surface area (TPSA) is 29.5 Å². The van der Waals surface area contributed by atoms with Gasteiger partial charge >= 0.3 is 0 Å². The van der Waals surface area contributed by atoms with Gasteiger partial charge in [0.1, 0.15) is 17.1 Å². The van der Waals surface area contributed by atoms with Crippen molar-refractivity contribution in [3.8, 4) is 11.5 Å². The van der Waals surface area contributed by atoms with Crippen LogP contribution >= 0.6 is 0 Å². The van der Waals surface area contributed by atoms with Crippen LogP contribution < -0.4 is 4.74 Å². The average Bonchev–Trinajstić information content (AvgIpc) is 2.68. The summed E-state index contributed by atoms with van der Waals surface area (Å²) in [6.07, 6.45) is 14.1. The van der Waals surface area contributed by atoms with Crippen molar-refractivity contribution in [2.75, 3.05) is 0 Å². The Morgan fingerprint density at radius 3 is 2.14 bits per heavy atom. The minimum Gasteiger partial charge on any atom is -0.507 e. The van der Waals surface area contributed by atoms with Gasteiger partial charge < -0.3 is 9.84 Å². The summed E-state index contributed by atoms with van der Waals surface area (Å²) in [4.78, 5) is 0. The molecule has 0 saturated heterocycles. The van der Waals surface area contributed by atoms with Gasteiger partial charge in [0.2, 0.25) is 0 Å². The molecule has 0 fully saturated rings. The molecule has 1 aromatic carbocycles. The molecule has 1 aliphatic heterocycles. The predicted octanol–water partition coefficient (Wildman–Crippen LogP) is 8.20. The minimum atomic E-state index is -0.0707. The Hall–Kier alpha value is -1.18. The second-order valence-corrected chi connectivity index (χ2v) is 10.5. The summed E-state index contributed by atoms with van der Waals surface area (Å²) in [5.41, 5.74) is 4.23. The summed E-state index contributed by atoms with van der Waals surface area (Å²) in [6.45, 7) is 15.5. The largest absolute Gasteiger partial charge is 0.507 e. The molecule has 0 bridgehead atoms. The summed E-state index contributed by atoms with van der Waals surface area (Å²) >= 11 is 0. The van der Waals surface area contributed by atoms with Gasteiger partial charge in [0, 0.05) is 5.56 Å². The van der Waals surface area contributed by atoms with Crippen LogP contribution in [-0.2, 0) is 6.42 Å². The average molecular weight is 403 g/mol. The van der Waals surface area contributed by atoms with Gasteiger partial charge in [0.25, 0.3) is 0 Å². The second-order valence-electron chi connectivity index (χ2n) is 10.5. The minimum absolute atomic E-state index is 0.0707. The third-order valence-corrected chi connectivity index (χ3v) is 7.24. The van der Waals surface area contributed by atoms with E-state index in [9.17, 15) is 5.11 Å². The van der Waals surface area contributed by atoms with Gasteiger partial charge in [-0.25, -0.2) is 0 Å². The molecule has 1 N–H and O–H groups in total. The molecule has 2 atom stereocenters. The first-order valence-electron chi connectivity index (χ1n) is 12.1. The van der Waals surface area contributed by atoms with Crippen molar-refractivity contribution in [3.63, 3.8) is 0 Å². The van der Waals surface area contributed by atoms with Crippen molar-refractivity contribution >= 4 is 0 Å². The van der Waals surface area contributed by atoms with Gasteiger partial charge in [-0.3, -0.25) is 0 Å². The molecule has 1 aliphatic rings. The van der Waals surface area contributed by atoms with Crippen molar-refractivity contribution in [1.82, 2.24) is 0 Å². The first-order valence-corrected chi connectivity index (χ1v) is 12.1. The maximum absolute atomic E-state index is 10.4. The van der Waals surface area contributed by atoms with Crippen LogP contribution in [0.4, 0.5) is 0 Å². The molecular formula is C27H46O2. The van der Waals surface area contributed by atoms with E-state index in [2.05, 4.69) is 34.6 Å². The highest BCUT2D eigenvalue weighted by molar-refractivity contribution is 5.58. The van der Waals surface area contributed by atoms with Crippen LogP contribution in [0, 0.1) is 32.6 Å². The maximum Gasteiger partial charge on any atom is 0.127 e. The standard InChI is InChI=1S/C27H46O2/c1-19(2)13-11-9-8-10-12-14-20(3)15-17-27(7)18-16-24-23(6)25(28)21(4)22(5)26(24)29-27/h19-20,28H,8-18H2,1-7H3/t20-,27?/m1/s1. The summed E-state index contributed by atoms with van der Waals surface area (Å²) in [5, 5.41) is 10.4. The SMILES string of the molecule is Cc1c(C)c2c(c(C)c1O)CCC(C)(CC[C@H](C)CCCCCCCC(C)C)O2. The van der Waals surface area contributed by atoms with Crippen LogP contribution in [0.3, 0.4) is 0 Å². The molecule has 1 unspecified atom stereocenters. The number of hydrogen-bond acceptors (Lipinski definition) is 2. The van der Waals surface area contributed by atoms with Gasteiger partial charge in [0.15, 0.2) is 0 Å². The number of hydrogen-bond donors (Lipinski definition) is 1. The number of phenolic OH excluding ortho intramolecular Hbond substituents is 1. The summed E-state index contributed by atoms with van der Waals surface area (Å²) in [5.74, 6) is 3.12. The van der Waals surface area contributed by atoms with Gasteiger partial charge in [-0.1, -0.05) is 65.7 Å². The Morgan fingerprint density at radius 1 is 0.862 bits per heavy atom. The lowest BCUT2D eigenvalue weighted by molar-refractivity contribution is 0.0484. The van der Waals surface area contributed by atoms with E-state index in [-0.39, 0.29) is 5.60 Å². The molecule has 1 aromatic rings. The molecule has 0 aliphatic carbocycles. The van der Waals surface area contributed by atoms with E-state index in [0.717, 1.165) is 53.5 Å². The Kier molecular flexibility index (Phi) is 8.91. The molecule has 2 nitrogen and oxygen atoms in total. The van der Waals surface area contributed by atoms with E-state index < -0.39 is 0 Å². The van der Waals surface area contributed by atoms with Crippen LogP contribution in [0.5, 0.6) is 11.5 Å². The van der Waals surface area contributed by atoms with Gasteiger partial charge in [-0.2, -0.15) is 0 Å². The third-order valence-electron chi connectivity index (χ3n) is 7.24. The molecule has 0 spiro atoms. The Bertz CT molecular complexity index is 661. The first kappa shape index (κ1) is 24.1. The van der Waals surface area contributed by atoms with E-state index in [1.54, 1.807) is 0 Å². The zero-order valence-electron chi connectivity index (χ0n) is 20.3. The summed E-state index contributed by atoms with van der Waals surface area (Å²) in [7, 11) is 0. The van der Waals surface area contributed by atoms with Gasteiger partial charge in [-0.05, 0) is 81.9 Å². The quantitative estimate of drug-likeness (QED) is 0.378. The highest BCUT2D eigenvalue weighted by atomic mass is 16.5. The van der Waals surface area contributed by atoms with E-state index in [0.29, 0.717) is 5.75 Å². The van der Waals surface area contributed by atoms with Crippen LogP contribution in [0.2, 0.25) is 0 Å². The zero-order valence-corrected chi connectivity index (χ0v) is 20.3. The second kappa shape index (κ2) is 10.7. The third kappa shape index (κ3) is 6.66. The monoisotopic (exact) mass is 402 g/mol. The lowest BCUT2D eigenvalue weighted by atomic mass is 9.83. The molecule has 2 rings (SSSR count). The highest BCUT2D eigenvalue weighted by Crippen LogP contribution is 2.44. The maximum atomic E-state index is 10.4. The van der Waals surface area contributed by atoms with Crippen LogP contribution in [-0.4, -0.2) is 10.7 Å².